The number of anilines is 1. The normalized spacial score (nSPS) is 18.5. The van der Waals surface area contributed by atoms with Gasteiger partial charge in [0.2, 0.25) is 0 Å². The van der Waals surface area contributed by atoms with Crippen LogP contribution in [0.3, 0.4) is 0 Å². The summed E-state index contributed by atoms with van der Waals surface area (Å²) in [5.74, 6) is 0.977. The van der Waals surface area contributed by atoms with Crippen LogP contribution in [0.2, 0.25) is 0 Å². The van der Waals surface area contributed by atoms with Gasteiger partial charge in [0, 0.05) is 55.7 Å². The predicted molar refractivity (Wildman–Crippen MR) is 121 cm³/mol. The van der Waals surface area contributed by atoms with Crippen molar-refractivity contribution in [3.05, 3.63) is 60.9 Å². The summed E-state index contributed by atoms with van der Waals surface area (Å²) in [5.41, 5.74) is 4.25. The fourth-order valence-electron chi connectivity index (χ4n) is 4.86. The van der Waals surface area contributed by atoms with E-state index in [1.165, 1.54) is 32.1 Å². The highest BCUT2D eigenvalue weighted by molar-refractivity contribution is 5.81. The molecule has 5 nitrogen and oxygen atoms in total. The van der Waals surface area contributed by atoms with E-state index in [9.17, 15) is 0 Å². The fourth-order valence-corrected chi connectivity index (χ4v) is 4.86. The molecule has 0 spiro atoms. The monoisotopic (exact) mass is 399 g/mol. The van der Waals surface area contributed by atoms with E-state index in [0.29, 0.717) is 0 Å². The molecule has 0 unspecified atom stereocenters. The first-order chi connectivity index (χ1) is 14.9. The smallest absolute Gasteiger partial charge is 0.151 e. The molecule has 3 heterocycles. The summed E-state index contributed by atoms with van der Waals surface area (Å²) in [6.07, 6.45) is 10.6. The van der Waals surface area contributed by atoms with E-state index < -0.39 is 0 Å². The Kier molecular flexibility index (Phi) is 5.71. The lowest BCUT2D eigenvalue weighted by atomic mass is 9.94. The molecule has 1 aliphatic heterocycles. The molecular weight excluding hydrogens is 370 g/mol. The molecule has 0 N–H and O–H groups in total. The van der Waals surface area contributed by atoms with E-state index in [0.717, 1.165) is 60.4 Å². The van der Waals surface area contributed by atoms with Crippen LogP contribution < -0.4 is 4.90 Å². The lowest BCUT2D eigenvalue weighted by Crippen LogP contribution is -2.51. The Balaban J connectivity index is 1.40. The Hall–Kier alpha value is -2.79. The third-order valence-corrected chi connectivity index (χ3v) is 6.55. The van der Waals surface area contributed by atoms with E-state index in [4.69, 9.17) is 0 Å². The molecular formula is C25H29N5. The van der Waals surface area contributed by atoms with Crippen molar-refractivity contribution >= 4 is 5.82 Å². The Morgan fingerprint density at radius 2 is 1.47 bits per heavy atom. The average Bonchev–Trinajstić information content (AvgIpc) is 2.85. The van der Waals surface area contributed by atoms with Crippen molar-refractivity contribution in [2.24, 2.45) is 0 Å². The summed E-state index contributed by atoms with van der Waals surface area (Å²) < 4.78 is 0. The molecule has 2 aliphatic rings. The quantitative estimate of drug-likeness (QED) is 0.638. The number of piperazine rings is 1. The van der Waals surface area contributed by atoms with Crippen LogP contribution in [0.4, 0.5) is 5.82 Å². The van der Waals surface area contributed by atoms with E-state index in [1.54, 1.807) is 0 Å². The van der Waals surface area contributed by atoms with Gasteiger partial charge in [-0.2, -0.15) is 0 Å². The lowest BCUT2D eigenvalue weighted by Gasteiger charge is -2.41. The van der Waals surface area contributed by atoms with Crippen molar-refractivity contribution in [3.63, 3.8) is 0 Å². The lowest BCUT2D eigenvalue weighted by molar-refractivity contribution is 0.147. The number of nitrogens with zero attached hydrogens (tertiary/aromatic N) is 5. The van der Waals surface area contributed by atoms with Crippen molar-refractivity contribution in [2.75, 3.05) is 31.1 Å². The first kappa shape index (κ1) is 19.2. The van der Waals surface area contributed by atoms with E-state index in [1.807, 2.05) is 42.7 Å². The van der Waals surface area contributed by atoms with Crippen molar-refractivity contribution in [3.8, 4) is 22.4 Å². The zero-order valence-electron chi connectivity index (χ0n) is 17.5. The Bertz CT molecular complexity index is 946. The minimum atomic E-state index is 0.792. The average molecular weight is 400 g/mol. The number of benzene rings is 1. The van der Waals surface area contributed by atoms with E-state index >= 15 is 0 Å². The number of rotatable bonds is 4. The second kappa shape index (κ2) is 8.92. The predicted octanol–water partition coefficient (Wildman–Crippen LogP) is 4.66. The molecule has 2 fully saturated rings. The van der Waals surface area contributed by atoms with Gasteiger partial charge in [-0.3, -0.25) is 9.88 Å². The maximum Gasteiger partial charge on any atom is 0.151 e. The van der Waals surface area contributed by atoms with Gasteiger partial charge in [0.15, 0.2) is 5.82 Å². The highest BCUT2D eigenvalue weighted by Crippen LogP contribution is 2.32. The molecule has 5 heteroatoms. The molecule has 0 bridgehead atoms. The van der Waals surface area contributed by atoms with Gasteiger partial charge in [0.1, 0.15) is 5.69 Å². The second-order valence-electron chi connectivity index (χ2n) is 8.38. The van der Waals surface area contributed by atoms with Crippen LogP contribution >= 0.6 is 0 Å². The highest BCUT2D eigenvalue weighted by atomic mass is 15.3. The van der Waals surface area contributed by atoms with Gasteiger partial charge >= 0.3 is 0 Å². The summed E-state index contributed by atoms with van der Waals surface area (Å²) >= 11 is 0. The number of hydrogen-bond acceptors (Lipinski definition) is 5. The van der Waals surface area contributed by atoms with Gasteiger partial charge in [0.25, 0.3) is 0 Å². The van der Waals surface area contributed by atoms with Gasteiger partial charge in [0.05, 0.1) is 0 Å². The number of pyridine rings is 1. The second-order valence-corrected chi connectivity index (χ2v) is 8.38. The fraction of sp³-hybridized carbons (Fsp3) is 0.400. The first-order valence-corrected chi connectivity index (χ1v) is 11.2. The molecule has 1 aromatic carbocycles. The number of aromatic nitrogens is 3. The van der Waals surface area contributed by atoms with Crippen molar-refractivity contribution < 1.29 is 0 Å². The Labute approximate surface area is 178 Å². The van der Waals surface area contributed by atoms with Crippen LogP contribution in [-0.4, -0.2) is 52.3 Å². The highest BCUT2D eigenvalue weighted by Gasteiger charge is 2.26. The Morgan fingerprint density at radius 3 is 2.20 bits per heavy atom. The van der Waals surface area contributed by atoms with Crippen molar-refractivity contribution in [1.29, 1.82) is 0 Å². The van der Waals surface area contributed by atoms with Crippen LogP contribution in [0.5, 0.6) is 0 Å². The molecule has 30 heavy (non-hydrogen) atoms. The third-order valence-electron chi connectivity index (χ3n) is 6.55. The summed E-state index contributed by atoms with van der Waals surface area (Å²) in [6, 6.07) is 17.4. The topological polar surface area (TPSA) is 45.2 Å². The minimum absolute atomic E-state index is 0.792. The van der Waals surface area contributed by atoms with Crippen LogP contribution in [0.15, 0.2) is 60.9 Å². The maximum atomic E-state index is 4.68. The largest absolute Gasteiger partial charge is 0.353 e. The van der Waals surface area contributed by atoms with Gasteiger partial charge in [-0.25, -0.2) is 0 Å². The molecule has 1 aliphatic carbocycles. The summed E-state index contributed by atoms with van der Waals surface area (Å²) in [4.78, 5) is 9.28. The SMILES string of the molecule is c1ccc(-c2nnc(N3CCN(C4CCCCC4)CC3)cc2-c2ccncc2)cc1. The molecule has 3 aromatic rings. The van der Waals surface area contributed by atoms with Gasteiger partial charge in [-0.15, -0.1) is 10.2 Å². The van der Waals surface area contributed by atoms with E-state index in [-0.39, 0.29) is 0 Å². The van der Waals surface area contributed by atoms with Crippen molar-refractivity contribution in [2.45, 2.75) is 38.1 Å². The summed E-state index contributed by atoms with van der Waals surface area (Å²) in [5, 5.41) is 9.33. The summed E-state index contributed by atoms with van der Waals surface area (Å²) in [6.45, 7) is 4.28. The van der Waals surface area contributed by atoms with Crippen LogP contribution in [-0.2, 0) is 0 Å². The number of hydrogen-bond donors (Lipinski definition) is 0. The van der Waals surface area contributed by atoms with Crippen LogP contribution in [0.1, 0.15) is 32.1 Å². The Morgan fingerprint density at radius 1 is 0.733 bits per heavy atom. The molecule has 154 valence electrons. The molecule has 2 aromatic heterocycles. The van der Waals surface area contributed by atoms with Gasteiger partial charge in [-0.1, -0.05) is 49.6 Å². The molecule has 1 saturated heterocycles. The minimum Gasteiger partial charge on any atom is -0.353 e. The van der Waals surface area contributed by atoms with Crippen LogP contribution in [0, 0.1) is 0 Å². The molecule has 5 rings (SSSR count). The molecule has 0 atom stereocenters. The first-order valence-electron chi connectivity index (χ1n) is 11.2. The van der Waals surface area contributed by atoms with Gasteiger partial charge in [-0.05, 0) is 36.6 Å². The van der Waals surface area contributed by atoms with E-state index in [2.05, 4.69) is 43.2 Å². The van der Waals surface area contributed by atoms with Gasteiger partial charge < -0.3 is 4.90 Å². The van der Waals surface area contributed by atoms with Crippen molar-refractivity contribution in [1.82, 2.24) is 20.1 Å². The standard InChI is InChI=1S/C25H29N5/c1-3-7-21(8-4-1)25-23(20-11-13-26-14-12-20)19-24(27-28-25)30-17-15-29(16-18-30)22-9-5-2-6-10-22/h1,3-4,7-8,11-14,19,22H,2,5-6,9-10,15-18H2. The van der Waals surface area contributed by atoms with Crippen LogP contribution in [0.25, 0.3) is 22.4 Å². The zero-order valence-corrected chi connectivity index (χ0v) is 17.5. The zero-order chi connectivity index (χ0) is 20.2. The third kappa shape index (κ3) is 4.08. The summed E-state index contributed by atoms with van der Waals surface area (Å²) in [7, 11) is 0. The molecule has 0 radical (unpaired) electrons. The molecule has 0 amide bonds. The molecule has 1 saturated carbocycles. The maximum absolute atomic E-state index is 4.68.